The average molecular weight is 329 g/mol. The average Bonchev–Trinajstić information content (AvgIpc) is 2.41. The van der Waals surface area contributed by atoms with Crippen LogP contribution in [0.25, 0.3) is 0 Å². The molecule has 0 fully saturated rings. The number of likely N-dealkylation sites (N-methyl/N-ethyl adjacent to an activating group) is 1. The molecule has 114 valence electrons. The third-order valence-electron chi connectivity index (χ3n) is 3.14. The first kappa shape index (κ1) is 17.6. The number of hydrogen-bond acceptors (Lipinski definition) is 4. The minimum Gasteiger partial charge on any atom is -0.399 e. The molecule has 3 N–H and O–H groups in total. The Labute approximate surface area is 134 Å². The lowest BCUT2D eigenvalue weighted by atomic mass is 10.1. The van der Waals surface area contributed by atoms with Crippen molar-refractivity contribution in [3.05, 3.63) is 22.2 Å². The van der Waals surface area contributed by atoms with Gasteiger partial charge >= 0.3 is 0 Å². The van der Waals surface area contributed by atoms with Gasteiger partial charge in [0.15, 0.2) is 0 Å². The number of carbonyl (C=O) groups is 1. The van der Waals surface area contributed by atoms with Crippen molar-refractivity contribution in [2.45, 2.75) is 19.9 Å². The molecule has 0 aliphatic heterocycles. The van der Waals surface area contributed by atoms with E-state index < -0.39 is 6.04 Å². The predicted molar refractivity (Wildman–Crippen MR) is 86.4 cm³/mol. The largest absolute Gasteiger partial charge is 0.399 e. The van der Waals surface area contributed by atoms with Crippen molar-refractivity contribution in [2.75, 3.05) is 24.6 Å². The number of hydrogen-bond donors (Lipinski definition) is 2. The quantitative estimate of drug-likeness (QED) is 0.814. The summed E-state index contributed by atoms with van der Waals surface area (Å²) < 4.78 is 0. The van der Waals surface area contributed by atoms with Gasteiger partial charge in [-0.3, -0.25) is 9.69 Å². The van der Waals surface area contributed by atoms with Crippen LogP contribution in [0, 0.1) is 17.2 Å². The number of benzene rings is 1. The van der Waals surface area contributed by atoms with E-state index >= 15 is 0 Å². The molecule has 0 spiro atoms. The molecule has 1 rings (SSSR count). The van der Waals surface area contributed by atoms with E-state index in [-0.39, 0.29) is 21.9 Å². The third kappa shape index (κ3) is 4.78. The van der Waals surface area contributed by atoms with Crippen LogP contribution in [0.15, 0.2) is 12.1 Å². The lowest BCUT2D eigenvalue weighted by Gasteiger charge is -2.25. The molecule has 2 unspecified atom stereocenters. The van der Waals surface area contributed by atoms with Crippen LogP contribution in [0.3, 0.4) is 0 Å². The summed E-state index contributed by atoms with van der Waals surface area (Å²) in [7, 11) is 1.78. The molecule has 0 radical (unpaired) electrons. The Balaban J connectivity index is 2.80. The summed E-state index contributed by atoms with van der Waals surface area (Å²) in [5, 5.41) is 12.1. The first-order valence-electron chi connectivity index (χ1n) is 6.41. The Kier molecular flexibility index (Phi) is 6.28. The molecule has 21 heavy (non-hydrogen) atoms. The number of nitrogens with two attached hydrogens (primary N) is 1. The van der Waals surface area contributed by atoms with Gasteiger partial charge in [-0.15, -0.1) is 0 Å². The van der Waals surface area contributed by atoms with Crippen LogP contribution in [0.2, 0.25) is 10.0 Å². The number of nitrogen functional groups attached to an aromatic ring is 1. The Morgan fingerprint density at radius 3 is 2.43 bits per heavy atom. The van der Waals surface area contributed by atoms with E-state index in [0.29, 0.717) is 17.9 Å². The van der Waals surface area contributed by atoms with Crippen LogP contribution in [0.1, 0.15) is 13.8 Å². The van der Waals surface area contributed by atoms with Gasteiger partial charge in [-0.25, -0.2) is 0 Å². The molecule has 0 saturated heterocycles. The fourth-order valence-corrected chi connectivity index (χ4v) is 2.37. The highest BCUT2D eigenvalue weighted by atomic mass is 35.5. The van der Waals surface area contributed by atoms with E-state index in [2.05, 4.69) is 11.4 Å². The van der Waals surface area contributed by atoms with E-state index in [9.17, 15) is 4.79 Å². The van der Waals surface area contributed by atoms with E-state index in [1.165, 1.54) is 12.1 Å². The summed E-state index contributed by atoms with van der Waals surface area (Å²) >= 11 is 12.1. The molecule has 0 saturated carbocycles. The highest BCUT2D eigenvalue weighted by molar-refractivity contribution is 6.40. The number of nitrogens with zero attached hydrogens (tertiary/aromatic N) is 2. The Hall–Kier alpha value is -1.48. The number of nitrogens with one attached hydrogen (secondary N) is 1. The topological polar surface area (TPSA) is 82.2 Å². The van der Waals surface area contributed by atoms with Gasteiger partial charge < -0.3 is 11.1 Å². The number of halogens is 2. The maximum absolute atomic E-state index is 12.2. The maximum Gasteiger partial charge on any atom is 0.241 e. The highest BCUT2D eigenvalue weighted by Crippen LogP contribution is 2.32. The molecule has 1 aromatic carbocycles. The second-order valence-corrected chi connectivity index (χ2v) is 5.81. The molecule has 0 aliphatic rings. The van der Waals surface area contributed by atoms with Gasteiger partial charge in [0.2, 0.25) is 5.91 Å². The van der Waals surface area contributed by atoms with Gasteiger partial charge in [-0.2, -0.15) is 5.26 Å². The summed E-state index contributed by atoms with van der Waals surface area (Å²) in [6.45, 7) is 4.04. The van der Waals surface area contributed by atoms with Crippen LogP contribution >= 0.6 is 23.2 Å². The van der Waals surface area contributed by atoms with Crippen LogP contribution in [-0.2, 0) is 4.79 Å². The molecule has 0 bridgehead atoms. The van der Waals surface area contributed by atoms with Gasteiger partial charge in [-0.1, -0.05) is 23.2 Å². The SMILES string of the molecule is CC(C#N)CN(C)C(C)C(=O)Nc1c(Cl)cc(N)cc1Cl. The molecular formula is C14H18Cl2N4O. The molecule has 0 aromatic heterocycles. The predicted octanol–water partition coefficient (Wildman–Crippen LogP) is 2.99. The summed E-state index contributed by atoms with van der Waals surface area (Å²) in [6, 6.07) is 4.75. The van der Waals surface area contributed by atoms with Crippen LogP contribution in [0.5, 0.6) is 0 Å². The van der Waals surface area contributed by atoms with Crippen molar-refractivity contribution in [3.8, 4) is 6.07 Å². The van der Waals surface area contributed by atoms with Crippen molar-refractivity contribution in [2.24, 2.45) is 5.92 Å². The minimum atomic E-state index is -0.425. The van der Waals surface area contributed by atoms with E-state index in [1.807, 2.05) is 0 Å². The molecule has 1 amide bonds. The van der Waals surface area contributed by atoms with Crippen LogP contribution < -0.4 is 11.1 Å². The zero-order chi connectivity index (χ0) is 16.2. The van der Waals surface area contributed by atoms with E-state index in [0.717, 1.165) is 0 Å². The summed E-state index contributed by atoms with van der Waals surface area (Å²) in [5.41, 5.74) is 6.38. The molecule has 5 nitrogen and oxygen atoms in total. The number of rotatable bonds is 5. The van der Waals surface area contributed by atoms with E-state index in [4.69, 9.17) is 34.2 Å². The normalized spacial score (nSPS) is 13.6. The summed E-state index contributed by atoms with van der Waals surface area (Å²) in [6.07, 6.45) is 0. The lowest BCUT2D eigenvalue weighted by Crippen LogP contribution is -2.41. The second-order valence-electron chi connectivity index (χ2n) is 4.99. The molecule has 2 atom stereocenters. The first-order chi connectivity index (χ1) is 9.76. The second kappa shape index (κ2) is 7.51. The number of amides is 1. The van der Waals surface area contributed by atoms with Gasteiger partial charge in [-0.05, 0) is 33.0 Å². The number of nitriles is 1. The Morgan fingerprint density at radius 1 is 1.43 bits per heavy atom. The number of anilines is 2. The summed E-state index contributed by atoms with van der Waals surface area (Å²) in [5.74, 6) is -0.412. The molecule has 1 aromatic rings. The molecular weight excluding hydrogens is 311 g/mol. The minimum absolute atomic E-state index is 0.158. The van der Waals surface area contributed by atoms with Gasteiger partial charge in [0.25, 0.3) is 0 Å². The van der Waals surface area contributed by atoms with Gasteiger partial charge in [0.05, 0.1) is 33.8 Å². The zero-order valence-corrected chi connectivity index (χ0v) is 13.7. The van der Waals surface area contributed by atoms with Gasteiger partial charge in [0, 0.05) is 12.2 Å². The first-order valence-corrected chi connectivity index (χ1v) is 7.17. The van der Waals surface area contributed by atoms with Crippen LogP contribution in [-0.4, -0.2) is 30.4 Å². The highest BCUT2D eigenvalue weighted by Gasteiger charge is 2.21. The van der Waals surface area contributed by atoms with E-state index in [1.54, 1.807) is 25.8 Å². The molecule has 0 aliphatic carbocycles. The van der Waals surface area contributed by atoms with Crippen molar-refractivity contribution in [3.63, 3.8) is 0 Å². The number of carbonyl (C=O) groups excluding carboxylic acids is 1. The van der Waals surface area contributed by atoms with Crippen LogP contribution in [0.4, 0.5) is 11.4 Å². The Bertz CT molecular complexity index is 548. The van der Waals surface area contributed by atoms with Gasteiger partial charge in [0.1, 0.15) is 0 Å². The molecule has 0 heterocycles. The standard InChI is InChI=1S/C14H18Cl2N4O/c1-8(6-17)7-20(3)9(2)14(21)19-13-11(15)4-10(18)5-12(13)16/h4-5,8-9H,7,18H2,1-3H3,(H,19,21). The lowest BCUT2D eigenvalue weighted by molar-refractivity contribution is -0.120. The zero-order valence-electron chi connectivity index (χ0n) is 12.2. The fraction of sp³-hybridized carbons (Fsp3) is 0.429. The van der Waals surface area contributed by atoms with Crippen molar-refractivity contribution >= 4 is 40.5 Å². The third-order valence-corrected chi connectivity index (χ3v) is 3.73. The maximum atomic E-state index is 12.2. The summed E-state index contributed by atoms with van der Waals surface area (Å²) in [4.78, 5) is 14.0. The smallest absolute Gasteiger partial charge is 0.241 e. The van der Waals surface area contributed by atoms with Crippen molar-refractivity contribution < 1.29 is 4.79 Å². The molecule has 7 heteroatoms. The van der Waals surface area contributed by atoms with Crippen molar-refractivity contribution in [1.29, 1.82) is 5.26 Å². The monoisotopic (exact) mass is 328 g/mol. The fourth-order valence-electron chi connectivity index (χ4n) is 1.77. The van der Waals surface area contributed by atoms with Crippen molar-refractivity contribution in [1.82, 2.24) is 4.90 Å². The Morgan fingerprint density at radius 2 is 1.95 bits per heavy atom.